The predicted molar refractivity (Wildman–Crippen MR) is 78.8 cm³/mol. The van der Waals surface area contributed by atoms with Gasteiger partial charge in [-0.05, 0) is 51.3 Å². The van der Waals surface area contributed by atoms with Gasteiger partial charge in [-0.3, -0.25) is 4.99 Å². The van der Waals surface area contributed by atoms with Crippen LogP contribution in [0.15, 0.2) is 17.1 Å². The molecule has 0 radical (unpaired) electrons. The molecule has 1 aliphatic rings. The van der Waals surface area contributed by atoms with Gasteiger partial charge in [0.25, 0.3) is 0 Å². The minimum absolute atomic E-state index is 0.0338. The summed E-state index contributed by atoms with van der Waals surface area (Å²) in [6.45, 7) is 9.19. The van der Waals surface area contributed by atoms with E-state index in [0.29, 0.717) is 6.61 Å². The number of nitrogens with zero attached hydrogens (tertiary/aromatic N) is 1. The van der Waals surface area contributed by atoms with Crippen molar-refractivity contribution in [1.29, 1.82) is 0 Å². The third kappa shape index (κ3) is 2.91. The summed E-state index contributed by atoms with van der Waals surface area (Å²) in [5.41, 5.74) is 3.52. The van der Waals surface area contributed by atoms with Gasteiger partial charge in [0.2, 0.25) is 0 Å². The molecule has 19 heavy (non-hydrogen) atoms. The van der Waals surface area contributed by atoms with Gasteiger partial charge in [0.05, 0.1) is 19.3 Å². The fraction of sp³-hybridized carbons (Fsp3) is 0.562. The summed E-state index contributed by atoms with van der Waals surface area (Å²) < 4.78 is 11.2. The zero-order chi connectivity index (χ0) is 14.0. The Bertz CT molecular complexity index is 504. The van der Waals surface area contributed by atoms with Gasteiger partial charge >= 0.3 is 0 Å². The maximum Gasteiger partial charge on any atom is 0.161 e. The maximum absolute atomic E-state index is 5.76. The highest BCUT2D eigenvalue weighted by Crippen LogP contribution is 2.36. The Morgan fingerprint density at radius 3 is 2.63 bits per heavy atom. The monoisotopic (exact) mass is 261 g/mol. The number of rotatable bonds is 4. The van der Waals surface area contributed by atoms with Crippen LogP contribution in [-0.2, 0) is 6.42 Å². The molecule has 1 aromatic rings. The highest BCUT2D eigenvalue weighted by atomic mass is 16.5. The minimum Gasteiger partial charge on any atom is -0.493 e. The Kier molecular flexibility index (Phi) is 3.83. The number of benzene rings is 1. The molecule has 1 aliphatic heterocycles. The van der Waals surface area contributed by atoms with Crippen LogP contribution < -0.4 is 9.47 Å². The quantitative estimate of drug-likeness (QED) is 0.828. The van der Waals surface area contributed by atoms with Gasteiger partial charge in [0.1, 0.15) is 0 Å². The first-order chi connectivity index (χ1) is 8.96. The van der Waals surface area contributed by atoms with Crippen molar-refractivity contribution in [3.8, 4) is 11.5 Å². The van der Waals surface area contributed by atoms with E-state index in [4.69, 9.17) is 14.5 Å². The van der Waals surface area contributed by atoms with E-state index < -0.39 is 0 Å². The minimum atomic E-state index is -0.0338. The normalized spacial score (nSPS) is 16.6. The molecule has 104 valence electrons. The average Bonchev–Trinajstić information content (AvgIpc) is 2.34. The molecule has 0 saturated carbocycles. The molecule has 3 nitrogen and oxygen atoms in total. The lowest BCUT2D eigenvalue weighted by molar-refractivity contribution is 0.294. The second kappa shape index (κ2) is 5.24. The highest BCUT2D eigenvalue weighted by molar-refractivity contribution is 6.01. The molecule has 0 bridgehead atoms. The molecule has 3 heteroatoms. The summed E-state index contributed by atoms with van der Waals surface area (Å²) in [5.74, 6) is 1.63. The van der Waals surface area contributed by atoms with Crippen molar-refractivity contribution in [2.24, 2.45) is 4.99 Å². The maximum atomic E-state index is 5.76. The number of fused-ring (bicyclic) bond motifs is 1. The summed E-state index contributed by atoms with van der Waals surface area (Å²) in [5, 5.41) is 0. The van der Waals surface area contributed by atoms with Crippen LogP contribution in [0.25, 0.3) is 0 Å². The van der Waals surface area contributed by atoms with Gasteiger partial charge < -0.3 is 9.47 Å². The summed E-state index contributed by atoms with van der Waals surface area (Å²) >= 11 is 0. The van der Waals surface area contributed by atoms with E-state index in [1.54, 1.807) is 7.11 Å². The van der Waals surface area contributed by atoms with E-state index >= 15 is 0 Å². The topological polar surface area (TPSA) is 30.8 Å². The van der Waals surface area contributed by atoms with Crippen LogP contribution in [0.3, 0.4) is 0 Å². The molecule has 0 aliphatic carbocycles. The van der Waals surface area contributed by atoms with Crippen molar-refractivity contribution >= 4 is 5.71 Å². The Hall–Kier alpha value is -1.51. The van der Waals surface area contributed by atoms with Crippen molar-refractivity contribution < 1.29 is 9.47 Å². The van der Waals surface area contributed by atoms with Gasteiger partial charge in [-0.1, -0.05) is 6.92 Å². The van der Waals surface area contributed by atoms with E-state index in [9.17, 15) is 0 Å². The van der Waals surface area contributed by atoms with Crippen LogP contribution >= 0.6 is 0 Å². The van der Waals surface area contributed by atoms with Crippen molar-refractivity contribution in [1.82, 2.24) is 0 Å². The molecule has 1 aromatic carbocycles. The lowest BCUT2D eigenvalue weighted by Gasteiger charge is -2.28. The Balaban J connectivity index is 2.44. The van der Waals surface area contributed by atoms with Crippen LogP contribution in [0.5, 0.6) is 11.5 Å². The standard InChI is InChI=1S/C16H23NO2/c1-6-7-19-15-9-13-11(2)17-16(3,4)10-12(13)8-14(15)18-5/h8-9H,6-7,10H2,1-5H3. The fourth-order valence-electron chi connectivity index (χ4n) is 2.59. The second-order valence-electron chi connectivity index (χ2n) is 5.70. The molecule has 0 atom stereocenters. The molecule has 2 rings (SSSR count). The smallest absolute Gasteiger partial charge is 0.161 e. The first kappa shape index (κ1) is 13.9. The van der Waals surface area contributed by atoms with E-state index in [1.807, 2.05) is 0 Å². The third-order valence-corrected chi connectivity index (χ3v) is 3.33. The van der Waals surface area contributed by atoms with Crippen LogP contribution in [0, 0.1) is 0 Å². The first-order valence-electron chi connectivity index (χ1n) is 6.87. The zero-order valence-corrected chi connectivity index (χ0v) is 12.5. The number of methoxy groups -OCH3 is 1. The molecule has 0 saturated heterocycles. The number of ether oxygens (including phenoxy) is 2. The summed E-state index contributed by atoms with van der Waals surface area (Å²) in [7, 11) is 1.69. The number of hydrogen-bond acceptors (Lipinski definition) is 3. The van der Waals surface area contributed by atoms with E-state index in [2.05, 4.69) is 39.8 Å². The van der Waals surface area contributed by atoms with Crippen LogP contribution in [-0.4, -0.2) is 25.0 Å². The van der Waals surface area contributed by atoms with Gasteiger partial charge in [-0.15, -0.1) is 0 Å². The zero-order valence-electron chi connectivity index (χ0n) is 12.5. The van der Waals surface area contributed by atoms with E-state index in [-0.39, 0.29) is 5.54 Å². The first-order valence-corrected chi connectivity index (χ1v) is 6.87. The molecule has 1 heterocycles. The molecule has 0 amide bonds. The van der Waals surface area contributed by atoms with E-state index in [1.165, 1.54) is 11.1 Å². The van der Waals surface area contributed by atoms with Crippen LogP contribution in [0.1, 0.15) is 45.2 Å². The van der Waals surface area contributed by atoms with Crippen LogP contribution in [0.4, 0.5) is 0 Å². The molecule has 0 unspecified atom stereocenters. The molecule has 0 N–H and O–H groups in total. The lowest BCUT2D eigenvalue weighted by Crippen LogP contribution is -2.28. The second-order valence-corrected chi connectivity index (χ2v) is 5.70. The highest BCUT2D eigenvalue weighted by Gasteiger charge is 2.26. The largest absolute Gasteiger partial charge is 0.493 e. The lowest BCUT2D eigenvalue weighted by atomic mass is 9.87. The summed E-state index contributed by atoms with van der Waals surface area (Å²) in [4.78, 5) is 4.75. The molecule has 0 spiro atoms. The van der Waals surface area contributed by atoms with Crippen molar-refractivity contribution in [3.05, 3.63) is 23.3 Å². The SMILES string of the molecule is CCCOc1cc2c(cc1OC)CC(C)(C)N=C2C. The summed E-state index contributed by atoms with van der Waals surface area (Å²) in [6.07, 6.45) is 1.92. The summed E-state index contributed by atoms with van der Waals surface area (Å²) in [6, 6.07) is 4.16. The molecular formula is C16H23NO2. The van der Waals surface area contributed by atoms with Gasteiger partial charge in [-0.2, -0.15) is 0 Å². The third-order valence-electron chi connectivity index (χ3n) is 3.33. The molecule has 0 fully saturated rings. The van der Waals surface area contributed by atoms with Crippen molar-refractivity contribution in [2.45, 2.75) is 46.1 Å². The number of aliphatic imine (C=N–C) groups is 1. The Morgan fingerprint density at radius 2 is 2.00 bits per heavy atom. The number of hydrogen-bond donors (Lipinski definition) is 0. The predicted octanol–water partition coefficient (Wildman–Crippen LogP) is 3.63. The molecule has 0 aromatic heterocycles. The van der Waals surface area contributed by atoms with E-state index in [0.717, 1.165) is 30.1 Å². The fourth-order valence-corrected chi connectivity index (χ4v) is 2.59. The molecular weight excluding hydrogens is 238 g/mol. The average molecular weight is 261 g/mol. The Labute approximate surface area is 115 Å². The van der Waals surface area contributed by atoms with Crippen LogP contribution in [0.2, 0.25) is 0 Å². The van der Waals surface area contributed by atoms with Gasteiger partial charge in [0.15, 0.2) is 11.5 Å². The van der Waals surface area contributed by atoms with Gasteiger partial charge in [0, 0.05) is 11.3 Å². The van der Waals surface area contributed by atoms with Gasteiger partial charge in [-0.25, -0.2) is 0 Å². The van der Waals surface area contributed by atoms with Crippen molar-refractivity contribution in [2.75, 3.05) is 13.7 Å². The Morgan fingerprint density at radius 1 is 1.26 bits per heavy atom. The van der Waals surface area contributed by atoms with Crippen molar-refractivity contribution in [3.63, 3.8) is 0 Å².